The van der Waals surface area contributed by atoms with Crippen LogP contribution in [0.4, 0.5) is 0 Å². The molecule has 2 aromatic rings. The molecule has 2 rings (SSSR count). The molecule has 256 valence electrons. The van der Waals surface area contributed by atoms with Gasteiger partial charge in [-0.3, -0.25) is 0 Å². The molecule has 5 heteroatoms. The molecule has 0 saturated carbocycles. The van der Waals surface area contributed by atoms with Crippen molar-refractivity contribution >= 4 is 0 Å². The van der Waals surface area contributed by atoms with Crippen molar-refractivity contribution in [2.45, 2.75) is 156 Å². The highest BCUT2D eigenvalue weighted by molar-refractivity contribution is 5.51. The Morgan fingerprint density at radius 2 is 0.711 bits per heavy atom. The van der Waals surface area contributed by atoms with E-state index in [4.69, 9.17) is 0 Å². The summed E-state index contributed by atoms with van der Waals surface area (Å²) in [5.41, 5.74) is 6.15. The fraction of sp³-hybridized carbons (Fsp3) is 0.700. The monoisotopic (exact) mass is 624 g/mol. The minimum absolute atomic E-state index is 0.112. The Bertz CT molecular complexity index is 1060. The van der Waals surface area contributed by atoms with Gasteiger partial charge >= 0.3 is 0 Å². The minimum Gasteiger partial charge on any atom is -0.507 e. The summed E-state index contributed by atoms with van der Waals surface area (Å²) in [6.45, 7) is 34.5. The second kappa shape index (κ2) is 15.7. The van der Waals surface area contributed by atoms with Crippen LogP contribution in [0.25, 0.3) is 0 Å². The molecule has 0 heterocycles. The summed E-state index contributed by atoms with van der Waals surface area (Å²) >= 11 is 0. The number of hydrogen-bond acceptors (Lipinski definition) is 5. The van der Waals surface area contributed by atoms with E-state index in [0.29, 0.717) is 11.5 Å². The average molecular weight is 624 g/mol. The summed E-state index contributed by atoms with van der Waals surface area (Å²) in [7, 11) is 0. The number of phenolic OH excluding ortho intramolecular Hbond substituents is 2. The molecule has 5 N–H and O–H groups in total. The average Bonchev–Trinajstić information content (AvgIpc) is 2.88. The SMILES string of the molecule is CC(NCCCCNCCCCNC(C)c1cc(C(C)(C)C)c(O)c(C(C)(C)C)c1)c1cc(C(C)(C)C)c(O)c(C(C)(C)C)c1. The zero-order valence-corrected chi connectivity index (χ0v) is 31.5. The summed E-state index contributed by atoms with van der Waals surface area (Å²) < 4.78 is 0. The number of phenols is 2. The van der Waals surface area contributed by atoms with Crippen LogP contribution in [-0.4, -0.2) is 36.4 Å². The maximum absolute atomic E-state index is 11.0. The predicted molar refractivity (Wildman–Crippen MR) is 195 cm³/mol. The Kier molecular flexibility index (Phi) is 13.6. The standard InChI is InChI=1S/C40H69N3O2/c1-27(29-23-31(37(3,4)5)35(44)32(24-29)38(6,7)8)42-21-17-15-19-41-20-16-18-22-43-28(2)30-25-33(39(9,10)11)36(45)34(26-30)40(12,13)14/h23-28,41-45H,15-22H2,1-14H3. The number of aromatic hydroxyl groups is 2. The molecule has 2 unspecified atom stereocenters. The van der Waals surface area contributed by atoms with Crippen molar-refractivity contribution in [2.75, 3.05) is 26.2 Å². The Morgan fingerprint density at radius 3 is 0.956 bits per heavy atom. The summed E-state index contributed by atoms with van der Waals surface area (Å²) in [6.07, 6.45) is 4.56. The Morgan fingerprint density at radius 1 is 0.467 bits per heavy atom. The van der Waals surface area contributed by atoms with Crippen LogP contribution in [0.3, 0.4) is 0 Å². The normalized spacial score (nSPS) is 14.5. The first-order valence-electron chi connectivity index (χ1n) is 17.5. The molecule has 0 aromatic heterocycles. The number of nitrogens with one attached hydrogen (secondary N) is 3. The van der Waals surface area contributed by atoms with Crippen LogP contribution < -0.4 is 16.0 Å². The second-order valence-electron chi connectivity index (χ2n) is 17.4. The van der Waals surface area contributed by atoms with Crippen molar-refractivity contribution in [3.8, 4) is 11.5 Å². The van der Waals surface area contributed by atoms with E-state index in [2.05, 4.69) is 137 Å². The van der Waals surface area contributed by atoms with Crippen molar-refractivity contribution in [3.63, 3.8) is 0 Å². The van der Waals surface area contributed by atoms with Gasteiger partial charge in [0.15, 0.2) is 0 Å². The van der Waals surface area contributed by atoms with Crippen molar-refractivity contribution < 1.29 is 10.2 Å². The number of hydrogen-bond donors (Lipinski definition) is 5. The Balaban J connectivity index is 1.74. The van der Waals surface area contributed by atoms with Gasteiger partial charge in [0.2, 0.25) is 0 Å². The predicted octanol–water partition coefficient (Wildman–Crippen LogP) is 9.44. The third kappa shape index (κ3) is 11.6. The molecular weight excluding hydrogens is 554 g/mol. The van der Waals surface area contributed by atoms with Gasteiger partial charge in [-0.05, 0) is 121 Å². The molecule has 0 saturated heterocycles. The zero-order valence-electron chi connectivity index (χ0n) is 31.5. The smallest absolute Gasteiger partial charge is 0.123 e. The van der Waals surface area contributed by atoms with Crippen LogP contribution in [0.2, 0.25) is 0 Å². The highest BCUT2D eigenvalue weighted by Gasteiger charge is 2.28. The fourth-order valence-corrected chi connectivity index (χ4v) is 5.85. The van der Waals surface area contributed by atoms with Gasteiger partial charge in [0, 0.05) is 12.1 Å². The third-order valence-electron chi connectivity index (χ3n) is 8.96. The summed E-state index contributed by atoms with van der Waals surface area (Å²) in [5.74, 6) is 0.896. The quantitative estimate of drug-likeness (QED) is 0.136. The number of benzene rings is 2. The molecule has 0 aliphatic carbocycles. The first kappa shape index (κ1) is 39.1. The molecule has 2 aromatic carbocycles. The Labute approximate surface area is 277 Å². The number of rotatable bonds is 14. The molecule has 5 nitrogen and oxygen atoms in total. The maximum Gasteiger partial charge on any atom is 0.123 e. The van der Waals surface area contributed by atoms with Gasteiger partial charge in [-0.25, -0.2) is 0 Å². The van der Waals surface area contributed by atoms with E-state index in [1.54, 1.807) is 0 Å². The van der Waals surface area contributed by atoms with E-state index >= 15 is 0 Å². The maximum atomic E-state index is 11.0. The summed E-state index contributed by atoms with van der Waals surface area (Å²) in [4.78, 5) is 0. The van der Waals surface area contributed by atoms with Crippen molar-refractivity contribution in [2.24, 2.45) is 0 Å². The van der Waals surface area contributed by atoms with E-state index in [9.17, 15) is 10.2 Å². The molecule has 0 aliphatic heterocycles. The van der Waals surface area contributed by atoms with E-state index in [0.717, 1.165) is 74.1 Å². The lowest BCUT2D eigenvalue weighted by atomic mass is 9.78. The van der Waals surface area contributed by atoms with Crippen molar-refractivity contribution in [3.05, 3.63) is 57.6 Å². The lowest BCUT2D eigenvalue weighted by Gasteiger charge is -2.29. The van der Waals surface area contributed by atoms with Gasteiger partial charge < -0.3 is 26.2 Å². The highest BCUT2D eigenvalue weighted by atomic mass is 16.3. The molecule has 2 atom stereocenters. The lowest BCUT2D eigenvalue weighted by Crippen LogP contribution is -2.25. The van der Waals surface area contributed by atoms with Crippen molar-refractivity contribution in [1.82, 2.24) is 16.0 Å². The van der Waals surface area contributed by atoms with Gasteiger partial charge in [-0.15, -0.1) is 0 Å². The molecule has 0 spiro atoms. The lowest BCUT2D eigenvalue weighted by molar-refractivity contribution is 0.420. The van der Waals surface area contributed by atoms with E-state index < -0.39 is 0 Å². The van der Waals surface area contributed by atoms with Gasteiger partial charge in [0.1, 0.15) is 11.5 Å². The van der Waals surface area contributed by atoms with Crippen LogP contribution in [0, 0.1) is 0 Å². The van der Waals surface area contributed by atoms with E-state index in [1.165, 1.54) is 11.1 Å². The van der Waals surface area contributed by atoms with E-state index in [1.807, 2.05) is 0 Å². The van der Waals surface area contributed by atoms with E-state index in [-0.39, 0.29) is 33.7 Å². The largest absolute Gasteiger partial charge is 0.507 e. The van der Waals surface area contributed by atoms with Crippen LogP contribution in [0.1, 0.15) is 168 Å². The molecule has 0 bridgehead atoms. The van der Waals surface area contributed by atoms with Crippen molar-refractivity contribution in [1.29, 1.82) is 0 Å². The van der Waals surface area contributed by atoms with Crippen LogP contribution in [0.15, 0.2) is 24.3 Å². The summed E-state index contributed by atoms with van der Waals surface area (Å²) in [5, 5.41) is 33.1. The molecule has 0 aliphatic rings. The van der Waals surface area contributed by atoms with Gasteiger partial charge in [-0.1, -0.05) is 107 Å². The molecule has 45 heavy (non-hydrogen) atoms. The van der Waals surface area contributed by atoms with Crippen LogP contribution in [0.5, 0.6) is 11.5 Å². The fourth-order valence-electron chi connectivity index (χ4n) is 5.85. The number of unbranched alkanes of at least 4 members (excludes halogenated alkanes) is 2. The van der Waals surface area contributed by atoms with Gasteiger partial charge in [0.05, 0.1) is 0 Å². The third-order valence-corrected chi connectivity index (χ3v) is 8.96. The van der Waals surface area contributed by atoms with Crippen LogP contribution >= 0.6 is 0 Å². The minimum atomic E-state index is -0.112. The second-order valence-corrected chi connectivity index (χ2v) is 17.4. The van der Waals surface area contributed by atoms with Crippen LogP contribution in [-0.2, 0) is 21.7 Å². The van der Waals surface area contributed by atoms with Gasteiger partial charge in [0.25, 0.3) is 0 Å². The molecule has 0 amide bonds. The molecule has 0 radical (unpaired) electrons. The zero-order chi connectivity index (χ0) is 34.4. The highest BCUT2D eigenvalue weighted by Crippen LogP contribution is 2.42. The van der Waals surface area contributed by atoms with Gasteiger partial charge in [-0.2, -0.15) is 0 Å². The Hall–Kier alpha value is -2.08. The first-order chi connectivity index (χ1) is 20.5. The molecule has 0 fully saturated rings. The first-order valence-corrected chi connectivity index (χ1v) is 17.5. The topological polar surface area (TPSA) is 76.5 Å². The summed E-state index contributed by atoms with van der Waals surface area (Å²) in [6, 6.07) is 9.23. The molecular formula is C40H69N3O2.